The molecule has 2 rings (SSSR count). The van der Waals surface area contributed by atoms with Gasteiger partial charge >= 0.3 is 0 Å². The summed E-state index contributed by atoms with van der Waals surface area (Å²) < 4.78 is 17.8. The summed E-state index contributed by atoms with van der Waals surface area (Å²) in [4.78, 5) is 0. The number of aliphatic hydroxyl groups excluding tert-OH is 1. The molecule has 18 heavy (non-hydrogen) atoms. The topological polar surface area (TPSA) is 76.2 Å². The van der Waals surface area contributed by atoms with Crippen LogP contribution in [0.2, 0.25) is 0 Å². The van der Waals surface area contributed by atoms with Crippen LogP contribution in [0.15, 0.2) is 33.2 Å². The summed E-state index contributed by atoms with van der Waals surface area (Å²) in [5.74, 6) is 1.10. The van der Waals surface area contributed by atoms with Crippen molar-refractivity contribution >= 4 is 26.7 Å². The van der Waals surface area contributed by atoms with Gasteiger partial charge in [-0.15, -0.1) is 10.2 Å². The van der Waals surface area contributed by atoms with Crippen LogP contribution in [-0.4, -0.2) is 31.9 Å². The second kappa shape index (κ2) is 6.21. The predicted octanol–water partition coefficient (Wildman–Crippen LogP) is 1.74. The molecule has 1 unspecified atom stereocenters. The predicted molar refractivity (Wildman–Crippen MR) is 71.2 cm³/mol. The number of aromatic nitrogens is 2. The monoisotopic (exact) mass is 330 g/mol. The van der Waals surface area contributed by atoms with Gasteiger partial charge in [0.2, 0.25) is 11.8 Å². The van der Waals surface area contributed by atoms with E-state index >= 15 is 0 Å². The number of aliphatic hydroxyl groups is 1. The average molecular weight is 331 g/mol. The van der Waals surface area contributed by atoms with Crippen molar-refractivity contribution in [3.05, 3.63) is 34.6 Å². The van der Waals surface area contributed by atoms with E-state index in [-0.39, 0.29) is 18.1 Å². The first-order valence-corrected chi connectivity index (χ1v) is 7.51. The molecule has 0 fully saturated rings. The lowest BCUT2D eigenvalue weighted by Crippen LogP contribution is -2.04. The molecule has 1 aromatic carbocycles. The molecule has 0 radical (unpaired) electrons. The van der Waals surface area contributed by atoms with Crippen LogP contribution >= 0.6 is 15.9 Å². The summed E-state index contributed by atoms with van der Waals surface area (Å²) in [5.41, 5.74) is 0.802. The molecule has 0 bridgehead atoms. The van der Waals surface area contributed by atoms with E-state index in [1.54, 1.807) is 0 Å². The zero-order valence-corrected chi connectivity index (χ0v) is 11.8. The summed E-state index contributed by atoms with van der Waals surface area (Å²) in [6.07, 6.45) is 0. The molecular formula is C11H11BrN2O3S. The van der Waals surface area contributed by atoms with E-state index in [1.807, 2.05) is 24.3 Å². The fourth-order valence-corrected chi connectivity index (χ4v) is 2.50. The van der Waals surface area contributed by atoms with Crippen LogP contribution in [0.3, 0.4) is 0 Å². The lowest BCUT2D eigenvalue weighted by molar-refractivity contribution is 0.321. The minimum absolute atomic E-state index is 0.112. The summed E-state index contributed by atoms with van der Waals surface area (Å²) >= 11 is 3.36. The lowest BCUT2D eigenvalue weighted by atomic mass is 10.2. The molecule has 1 heterocycles. The van der Waals surface area contributed by atoms with Crippen molar-refractivity contribution in [1.82, 2.24) is 10.2 Å². The number of nitrogens with zero attached hydrogens (tertiary/aromatic N) is 2. The highest BCUT2D eigenvalue weighted by molar-refractivity contribution is 9.10. The van der Waals surface area contributed by atoms with Gasteiger partial charge in [0.25, 0.3) is 0 Å². The van der Waals surface area contributed by atoms with E-state index < -0.39 is 10.8 Å². The Hall–Kier alpha value is -1.05. The molecule has 96 valence electrons. The van der Waals surface area contributed by atoms with Crippen LogP contribution in [0.25, 0.3) is 11.5 Å². The first kappa shape index (κ1) is 13.4. The van der Waals surface area contributed by atoms with Crippen LogP contribution in [-0.2, 0) is 16.6 Å². The van der Waals surface area contributed by atoms with Crippen LogP contribution in [0.1, 0.15) is 5.89 Å². The molecule has 0 aliphatic rings. The maximum atomic E-state index is 11.4. The van der Waals surface area contributed by atoms with E-state index in [4.69, 9.17) is 9.52 Å². The average Bonchev–Trinajstić information content (AvgIpc) is 2.78. The van der Waals surface area contributed by atoms with Gasteiger partial charge in [0.05, 0.1) is 6.61 Å². The minimum Gasteiger partial charge on any atom is -0.420 e. The van der Waals surface area contributed by atoms with Crippen molar-refractivity contribution in [1.29, 1.82) is 0 Å². The van der Waals surface area contributed by atoms with E-state index in [1.165, 1.54) is 0 Å². The van der Waals surface area contributed by atoms with E-state index in [0.717, 1.165) is 10.0 Å². The van der Waals surface area contributed by atoms with Crippen molar-refractivity contribution < 1.29 is 13.7 Å². The van der Waals surface area contributed by atoms with Gasteiger partial charge in [-0.05, 0) is 18.2 Å². The van der Waals surface area contributed by atoms with Crippen molar-refractivity contribution in [2.45, 2.75) is 5.75 Å². The molecule has 1 aromatic heterocycles. The van der Waals surface area contributed by atoms with Gasteiger partial charge in [0.15, 0.2) is 0 Å². The molecule has 0 aliphatic carbocycles. The quantitative estimate of drug-likeness (QED) is 0.903. The molecule has 0 saturated heterocycles. The Morgan fingerprint density at radius 3 is 2.94 bits per heavy atom. The Labute approximate surface area is 115 Å². The van der Waals surface area contributed by atoms with Gasteiger partial charge in [-0.3, -0.25) is 4.21 Å². The van der Waals surface area contributed by atoms with E-state index in [0.29, 0.717) is 11.8 Å². The zero-order valence-electron chi connectivity index (χ0n) is 9.38. The largest absolute Gasteiger partial charge is 0.420 e. The van der Waals surface area contributed by atoms with Gasteiger partial charge < -0.3 is 9.52 Å². The third-order valence-electron chi connectivity index (χ3n) is 2.14. The molecule has 0 spiro atoms. The number of rotatable bonds is 5. The molecule has 0 amide bonds. The highest BCUT2D eigenvalue weighted by Crippen LogP contribution is 2.21. The molecule has 1 N–H and O–H groups in total. The summed E-state index contributed by atoms with van der Waals surface area (Å²) in [5, 5.41) is 16.4. The Morgan fingerprint density at radius 1 is 1.39 bits per heavy atom. The van der Waals surface area contributed by atoms with Crippen LogP contribution < -0.4 is 0 Å². The summed E-state index contributed by atoms with van der Waals surface area (Å²) in [7, 11) is -1.17. The maximum Gasteiger partial charge on any atom is 0.247 e. The molecule has 0 saturated carbocycles. The second-order valence-electron chi connectivity index (χ2n) is 3.52. The Balaban J connectivity index is 2.13. The Bertz CT molecular complexity index is 559. The highest BCUT2D eigenvalue weighted by Gasteiger charge is 2.11. The van der Waals surface area contributed by atoms with Crippen molar-refractivity contribution in [2.24, 2.45) is 0 Å². The highest BCUT2D eigenvalue weighted by atomic mass is 79.9. The Kier molecular flexibility index (Phi) is 4.62. The van der Waals surface area contributed by atoms with Crippen LogP contribution in [0.5, 0.6) is 0 Å². The maximum absolute atomic E-state index is 11.4. The molecule has 1 atom stereocenters. The second-order valence-corrected chi connectivity index (χ2v) is 6.02. The van der Waals surface area contributed by atoms with Crippen molar-refractivity contribution in [3.8, 4) is 11.5 Å². The first-order chi connectivity index (χ1) is 8.69. The van der Waals surface area contributed by atoms with Gasteiger partial charge in [0, 0.05) is 26.6 Å². The number of hydrogen-bond acceptors (Lipinski definition) is 5. The number of halogens is 1. The van der Waals surface area contributed by atoms with Gasteiger partial charge in [-0.25, -0.2) is 0 Å². The normalized spacial score (nSPS) is 12.6. The van der Waals surface area contributed by atoms with Crippen LogP contribution in [0, 0.1) is 0 Å². The van der Waals surface area contributed by atoms with Crippen molar-refractivity contribution in [3.63, 3.8) is 0 Å². The number of benzene rings is 1. The third-order valence-corrected chi connectivity index (χ3v) is 3.84. The summed E-state index contributed by atoms with van der Waals surface area (Å²) in [6, 6.07) is 7.49. The lowest BCUT2D eigenvalue weighted by Gasteiger charge is -1.96. The SMILES string of the molecule is O=S(CCO)Cc1nnc(-c2cccc(Br)c2)o1. The smallest absolute Gasteiger partial charge is 0.247 e. The van der Waals surface area contributed by atoms with Crippen molar-refractivity contribution in [2.75, 3.05) is 12.4 Å². The van der Waals surface area contributed by atoms with Gasteiger partial charge in [0.1, 0.15) is 5.75 Å². The fraction of sp³-hybridized carbons (Fsp3) is 0.273. The van der Waals surface area contributed by atoms with Gasteiger partial charge in [-0.2, -0.15) is 0 Å². The molecule has 5 nitrogen and oxygen atoms in total. The zero-order chi connectivity index (χ0) is 13.0. The first-order valence-electron chi connectivity index (χ1n) is 5.23. The third kappa shape index (κ3) is 3.47. The van der Waals surface area contributed by atoms with E-state index in [2.05, 4.69) is 26.1 Å². The summed E-state index contributed by atoms with van der Waals surface area (Å²) in [6.45, 7) is -0.112. The number of hydrogen-bond donors (Lipinski definition) is 1. The molecular weight excluding hydrogens is 320 g/mol. The molecule has 7 heteroatoms. The van der Waals surface area contributed by atoms with Gasteiger partial charge in [-0.1, -0.05) is 22.0 Å². The minimum atomic E-state index is -1.17. The fourth-order valence-electron chi connectivity index (χ4n) is 1.36. The molecule has 2 aromatic rings. The van der Waals surface area contributed by atoms with Crippen LogP contribution in [0.4, 0.5) is 0 Å². The molecule has 0 aliphatic heterocycles. The van der Waals surface area contributed by atoms with E-state index in [9.17, 15) is 4.21 Å². The standard InChI is InChI=1S/C11H11BrN2O3S/c12-9-3-1-2-8(6-9)11-14-13-10(17-11)7-18(16)5-4-15/h1-3,6,15H,4-5,7H2. The Morgan fingerprint density at radius 2 is 2.22 bits per heavy atom.